The monoisotopic (exact) mass is 503 g/mol. The van der Waals surface area contributed by atoms with Gasteiger partial charge in [0, 0.05) is 16.8 Å². The fourth-order valence-corrected chi connectivity index (χ4v) is 5.69. The van der Waals surface area contributed by atoms with Crippen molar-refractivity contribution < 1.29 is 22.4 Å². The molecule has 7 nitrogen and oxygen atoms in total. The molecule has 35 heavy (non-hydrogen) atoms. The zero-order chi connectivity index (χ0) is 25.6. The van der Waals surface area contributed by atoms with Gasteiger partial charge in [0.25, 0.3) is 5.91 Å². The number of carbonyl (C=O) groups is 2. The fourth-order valence-electron chi connectivity index (χ4n) is 4.27. The third-order valence-electron chi connectivity index (χ3n) is 5.88. The summed E-state index contributed by atoms with van der Waals surface area (Å²) in [7, 11) is -3.70. The molecule has 1 unspecified atom stereocenters. The highest BCUT2D eigenvalue weighted by molar-refractivity contribution is 7.89. The minimum absolute atomic E-state index is 0.0867. The predicted octanol–water partition coefficient (Wildman–Crippen LogP) is 4.61. The Kier molecular flexibility index (Phi) is 8.66. The highest BCUT2D eigenvalue weighted by Gasteiger charge is 2.27. The number of sulfonamides is 1. The molecule has 0 spiro atoms. The average Bonchev–Trinajstić information content (AvgIpc) is 2.78. The number of benzene rings is 2. The van der Waals surface area contributed by atoms with E-state index in [9.17, 15) is 22.4 Å². The molecule has 2 aromatic carbocycles. The van der Waals surface area contributed by atoms with Crippen LogP contribution in [0.1, 0.15) is 69.7 Å². The lowest BCUT2D eigenvalue weighted by Gasteiger charge is -2.26. The lowest BCUT2D eigenvalue weighted by Crippen LogP contribution is -2.45. The summed E-state index contributed by atoms with van der Waals surface area (Å²) in [5, 5.41) is 5.55. The molecule has 0 saturated heterocycles. The van der Waals surface area contributed by atoms with E-state index >= 15 is 0 Å². The van der Waals surface area contributed by atoms with Crippen LogP contribution in [0.25, 0.3) is 0 Å². The van der Waals surface area contributed by atoms with Crippen molar-refractivity contribution in [2.75, 3.05) is 5.32 Å². The van der Waals surface area contributed by atoms with Crippen LogP contribution in [0.4, 0.5) is 10.1 Å². The number of hydrogen-bond acceptors (Lipinski definition) is 4. The number of halogens is 1. The zero-order valence-corrected chi connectivity index (χ0v) is 21.3. The lowest BCUT2D eigenvalue weighted by atomic mass is 9.84. The van der Waals surface area contributed by atoms with Crippen LogP contribution in [-0.2, 0) is 14.8 Å². The Morgan fingerprint density at radius 3 is 2.29 bits per heavy atom. The van der Waals surface area contributed by atoms with Crippen LogP contribution in [0.5, 0.6) is 0 Å². The van der Waals surface area contributed by atoms with Gasteiger partial charge in [0.15, 0.2) is 0 Å². The van der Waals surface area contributed by atoms with E-state index in [1.807, 2.05) is 0 Å². The predicted molar refractivity (Wildman–Crippen MR) is 134 cm³/mol. The van der Waals surface area contributed by atoms with Gasteiger partial charge < -0.3 is 10.6 Å². The van der Waals surface area contributed by atoms with Gasteiger partial charge in [-0.1, -0.05) is 38.2 Å². The van der Waals surface area contributed by atoms with Gasteiger partial charge in [-0.05, 0) is 75.6 Å². The molecule has 2 aromatic rings. The maximum absolute atomic E-state index is 13.6. The van der Waals surface area contributed by atoms with Crippen LogP contribution < -0.4 is 15.4 Å². The summed E-state index contributed by atoms with van der Waals surface area (Å²) in [6.45, 7) is 5.26. The molecule has 0 aliphatic heterocycles. The highest BCUT2D eigenvalue weighted by atomic mass is 32.2. The van der Waals surface area contributed by atoms with Gasteiger partial charge in [-0.3, -0.25) is 9.59 Å². The smallest absolute Gasteiger partial charge is 0.252 e. The third kappa shape index (κ3) is 8.14. The van der Waals surface area contributed by atoms with Gasteiger partial charge in [0.05, 0.1) is 4.90 Å². The molecule has 1 saturated carbocycles. The Bertz CT molecular complexity index is 1140. The summed E-state index contributed by atoms with van der Waals surface area (Å²) in [6, 6.07) is 10.4. The number of hydrogen-bond donors (Lipinski definition) is 3. The van der Waals surface area contributed by atoms with E-state index in [-0.39, 0.29) is 10.5 Å². The molecule has 1 atom stereocenters. The molecule has 0 radical (unpaired) electrons. The summed E-state index contributed by atoms with van der Waals surface area (Å²) in [6.07, 6.45) is 5.82. The van der Waals surface area contributed by atoms with Crippen molar-refractivity contribution in [3.05, 3.63) is 59.9 Å². The number of nitrogens with one attached hydrogen (secondary N) is 3. The van der Waals surface area contributed by atoms with Gasteiger partial charge in [0.1, 0.15) is 11.9 Å². The minimum Gasteiger partial charge on any atom is -0.340 e. The molecule has 1 aliphatic rings. The van der Waals surface area contributed by atoms with Crippen molar-refractivity contribution >= 4 is 27.5 Å². The Balaban J connectivity index is 1.73. The van der Waals surface area contributed by atoms with Crippen molar-refractivity contribution in [2.45, 2.75) is 75.8 Å². The Hall–Kier alpha value is -2.78. The first kappa shape index (κ1) is 26.8. The van der Waals surface area contributed by atoms with E-state index < -0.39 is 39.2 Å². The first-order valence-electron chi connectivity index (χ1n) is 11.9. The molecule has 1 aliphatic carbocycles. The molecule has 3 N–H and O–H groups in total. The topological polar surface area (TPSA) is 104 Å². The van der Waals surface area contributed by atoms with Crippen LogP contribution in [0.15, 0.2) is 53.4 Å². The normalized spacial score (nSPS) is 15.9. The summed E-state index contributed by atoms with van der Waals surface area (Å²) in [5.41, 5.74) is -0.0662. The summed E-state index contributed by atoms with van der Waals surface area (Å²) in [5.74, 6) is -1.14. The molecule has 3 rings (SSSR count). The second-order valence-corrected chi connectivity index (χ2v) is 11.8. The number of carbonyl (C=O) groups excluding carboxylic acids is 2. The molecule has 0 aromatic heterocycles. The number of rotatable bonds is 8. The van der Waals surface area contributed by atoms with Crippen LogP contribution in [0, 0.1) is 11.7 Å². The average molecular weight is 504 g/mol. The fraction of sp³-hybridized carbons (Fsp3) is 0.462. The van der Waals surface area contributed by atoms with Crippen LogP contribution >= 0.6 is 0 Å². The van der Waals surface area contributed by atoms with E-state index in [0.717, 1.165) is 31.7 Å². The Morgan fingerprint density at radius 1 is 1.03 bits per heavy atom. The first-order valence-corrected chi connectivity index (χ1v) is 13.4. The molecular weight excluding hydrogens is 469 g/mol. The van der Waals surface area contributed by atoms with Crippen molar-refractivity contribution in [3.8, 4) is 0 Å². The van der Waals surface area contributed by atoms with Crippen LogP contribution in [0.2, 0.25) is 0 Å². The standard InChI is InChI=1S/C26H34FN3O4S/c1-26(2,3)30-35(33,34)22-14-12-21(13-15-22)28-25(32)23(16-18-8-5-4-6-9-18)29-24(31)19-10-7-11-20(27)17-19/h7,10-15,17-18,23,30H,4-6,8-9,16H2,1-3H3,(H,28,32)(H,29,31). The van der Waals surface area contributed by atoms with E-state index in [4.69, 9.17) is 0 Å². The van der Waals surface area contributed by atoms with Crippen molar-refractivity contribution in [1.82, 2.24) is 10.0 Å². The molecule has 0 heterocycles. The molecule has 0 bridgehead atoms. The maximum Gasteiger partial charge on any atom is 0.252 e. The third-order valence-corrected chi connectivity index (χ3v) is 7.65. The minimum atomic E-state index is -3.70. The first-order chi connectivity index (χ1) is 16.4. The van der Waals surface area contributed by atoms with Gasteiger partial charge in [-0.15, -0.1) is 0 Å². The molecule has 9 heteroatoms. The SMILES string of the molecule is CC(C)(C)NS(=O)(=O)c1ccc(NC(=O)C(CC2CCCCC2)NC(=O)c2cccc(F)c2)cc1. The molecule has 1 fully saturated rings. The van der Waals surface area contributed by atoms with Crippen LogP contribution in [-0.4, -0.2) is 31.8 Å². The zero-order valence-electron chi connectivity index (χ0n) is 20.4. The molecule has 190 valence electrons. The second-order valence-electron chi connectivity index (χ2n) is 10.1. The molecule has 2 amide bonds. The second kappa shape index (κ2) is 11.3. The van der Waals surface area contributed by atoms with Crippen molar-refractivity contribution in [1.29, 1.82) is 0 Å². The largest absolute Gasteiger partial charge is 0.340 e. The highest BCUT2D eigenvalue weighted by Crippen LogP contribution is 2.28. The molecular formula is C26H34FN3O4S. The van der Waals surface area contributed by atoms with Gasteiger partial charge in [0.2, 0.25) is 15.9 Å². The van der Waals surface area contributed by atoms with Gasteiger partial charge >= 0.3 is 0 Å². The van der Waals surface area contributed by atoms with Gasteiger partial charge in [-0.2, -0.15) is 0 Å². The van der Waals surface area contributed by atoms with Crippen molar-refractivity contribution in [3.63, 3.8) is 0 Å². The van der Waals surface area contributed by atoms with Gasteiger partial charge in [-0.25, -0.2) is 17.5 Å². The van der Waals surface area contributed by atoms with Crippen molar-refractivity contribution in [2.24, 2.45) is 5.92 Å². The van der Waals surface area contributed by atoms with E-state index in [1.54, 1.807) is 20.8 Å². The Labute approximate surface area is 206 Å². The Morgan fingerprint density at radius 2 is 1.69 bits per heavy atom. The summed E-state index contributed by atoms with van der Waals surface area (Å²) < 4.78 is 41.2. The van der Waals surface area contributed by atoms with E-state index in [0.29, 0.717) is 18.0 Å². The number of anilines is 1. The quantitative estimate of drug-likeness (QED) is 0.489. The maximum atomic E-state index is 13.6. The summed E-state index contributed by atoms with van der Waals surface area (Å²) in [4.78, 5) is 26.0. The van der Waals surface area contributed by atoms with E-state index in [2.05, 4.69) is 15.4 Å². The lowest BCUT2D eigenvalue weighted by molar-refractivity contribution is -0.118. The van der Waals surface area contributed by atoms with E-state index in [1.165, 1.54) is 48.9 Å². The number of amides is 2. The summed E-state index contributed by atoms with van der Waals surface area (Å²) >= 11 is 0. The van der Waals surface area contributed by atoms with Crippen LogP contribution in [0.3, 0.4) is 0 Å².